The molecule has 6 aliphatic heterocycles. The molecule has 6 amide bonds. The maximum Gasteiger partial charge on any atom is 0.325 e. The first-order valence-corrected chi connectivity index (χ1v) is 13.6. The first kappa shape index (κ1) is 24.7. The highest BCUT2D eigenvalue weighted by molar-refractivity contribution is 6.04. The number of hydrogen-bond donors (Lipinski definition) is 2. The van der Waals surface area contributed by atoms with Crippen LogP contribution in [0.1, 0.15) is 32.6 Å². The monoisotopic (exact) mass is 528 g/mol. The summed E-state index contributed by atoms with van der Waals surface area (Å²) < 4.78 is 0. The van der Waals surface area contributed by atoms with Crippen molar-refractivity contribution in [2.45, 2.75) is 57.0 Å². The molecule has 0 spiro atoms. The molecule has 4 fully saturated rings. The molecule has 6 heterocycles. The average Bonchev–Trinajstić information content (AvgIpc) is 3.67. The minimum atomic E-state index is -0.601. The summed E-state index contributed by atoms with van der Waals surface area (Å²) in [5.74, 6) is 0.856. The fourth-order valence-corrected chi connectivity index (χ4v) is 6.50. The fourth-order valence-electron chi connectivity index (χ4n) is 6.50. The molecule has 2 N–H and O–H groups in total. The summed E-state index contributed by atoms with van der Waals surface area (Å²) in [6.45, 7) is 6.59. The maximum absolute atomic E-state index is 13.0. The third-order valence-corrected chi connectivity index (χ3v) is 8.47. The average molecular weight is 529 g/mol. The Morgan fingerprint density at radius 3 is 1.45 bits per heavy atom. The van der Waals surface area contributed by atoms with Gasteiger partial charge in [0.2, 0.25) is 0 Å². The van der Waals surface area contributed by atoms with Crippen molar-refractivity contribution in [3.63, 3.8) is 0 Å². The van der Waals surface area contributed by atoms with Crippen LogP contribution in [0.3, 0.4) is 0 Å². The fraction of sp³-hybridized carbons (Fsp3) is 0.750. The molecule has 0 saturated carbocycles. The Morgan fingerprint density at radius 2 is 1.08 bits per heavy atom. The molecule has 0 aromatic heterocycles. The molecule has 4 unspecified atom stereocenters. The topological polar surface area (TPSA) is 136 Å². The molecule has 14 nitrogen and oxygen atoms in total. The number of amides is 6. The Balaban J connectivity index is 1.25. The molecule has 206 valence electrons. The van der Waals surface area contributed by atoms with Gasteiger partial charge in [0.25, 0.3) is 11.8 Å². The minimum Gasteiger partial charge on any atom is -0.343 e. The summed E-state index contributed by atoms with van der Waals surface area (Å²) in [6, 6.07) is -2.08. The van der Waals surface area contributed by atoms with Gasteiger partial charge in [-0.3, -0.25) is 20.2 Å². The zero-order valence-electron chi connectivity index (χ0n) is 22.2. The van der Waals surface area contributed by atoms with Crippen LogP contribution in [0.5, 0.6) is 0 Å². The first-order valence-electron chi connectivity index (χ1n) is 13.6. The second-order valence-electron chi connectivity index (χ2n) is 11.2. The number of carbonyl (C=O) groups excluding carboxylic acids is 4. The molecule has 0 bridgehead atoms. The third kappa shape index (κ3) is 3.91. The van der Waals surface area contributed by atoms with Gasteiger partial charge in [0.05, 0.1) is 0 Å². The van der Waals surface area contributed by atoms with E-state index in [0.717, 1.165) is 63.8 Å². The van der Waals surface area contributed by atoms with Gasteiger partial charge < -0.3 is 29.4 Å². The Labute approximate surface area is 221 Å². The van der Waals surface area contributed by atoms with Crippen molar-refractivity contribution in [1.82, 2.24) is 40.0 Å². The number of hydrogen-bond acceptors (Lipinski definition) is 10. The smallest absolute Gasteiger partial charge is 0.325 e. The van der Waals surface area contributed by atoms with E-state index in [1.807, 2.05) is 9.80 Å². The predicted molar refractivity (Wildman–Crippen MR) is 137 cm³/mol. The number of urea groups is 2. The van der Waals surface area contributed by atoms with E-state index in [4.69, 9.17) is 9.98 Å². The summed E-state index contributed by atoms with van der Waals surface area (Å²) in [4.78, 5) is 71.9. The summed E-state index contributed by atoms with van der Waals surface area (Å²) in [5, 5.41) is 4.94. The summed E-state index contributed by atoms with van der Waals surface area (Å²) in [7, 11) is 3.33. The van der Waals surface area contributed by atoms with Gasteiger partial charge in [-0.2, -0.15) is 0 Å². The second kappa shape index (κ2) is 9.31. The van der Waals surface area contributed by atoms with Gasteiger partial charge >= 0.3 is 12.1 Å². The number of aliphatic imine (C=N–C) groups is 2. The third-order valence-electron chi connectivity index (χ3n) is 8.47. The van der Waals surface area contributed by atoms with Crippen molar-refractivity contribution >= 4 is 35.8 Å². The number of likely N-dealkylation sites (N-methyl/N-ethyl adjacent to an activating group) is 2. The molecule has 0 aromatic carbocycles. The highest BCUT2D eigenvalue weighted by Gasteiger charge is 2.52. The number of fused-ring (bicyclic) bond motifs is 2. The number of nitrogens with zero attached hydrogens (tertiary/aromatic N) is 8. The van der Waals surface area contributed by atoms with Gasteiger partial charge in [-0.1, -0.05) is 6.92 Å². The Morgan fingerprint density at radius 1 is 0.711 bits per heavy atom. The van der Waals surface area contributed by atoms with Crippen molar-refractivity contribution in [1.29, 1.82) is 0 Å². The zero-order chi connectivity index (χ0) is 26.7. The van der Waals surface area contributed by atoms with Crippen LogP contribution in [0.25, 0.3) is 0 Å². The van der Waals surface area contributed by atoms with E-state index in [0.29, 0.717) is 13.1 Å². The van der Waals surface area contributed by atoms with E-state index in [9.17, 15) is 19.2 Å². The van der Waals surface area contributed by atoms with Crippen LogP contribution in [-0.4, -0.2) is 143 Å². The minimum absolute atomic E-state index is 0.0135. The number of nitrogens with one attached hydrogen (secondary N) is 2. The van der Waals surface area contributed by atoms with Crippen molar-refractivity contribution in [2.75, 3.05) is 53.4 Å². The van der Waals surface area contributed by atoms with Gasteiger partial charge in [-0.25, -0.2) is 19.6 Å². The quantitative estimate of drug-likeness (QED) is 0.470. The van der Waals surface area contributed by atoms with Gasteiger partial charge in [0.1, 0.15) is 0 Å². The Bertz CT molecular complexity index is 1010. The highest BCUT2D eigenvalue weighted by Crippen LogP contribution is 2.31. The van der Waals surface area contributed by atoms with E-state index in [2.05, 4.69) is 27.4 Å². The van der Waals surface area contributed by atoms with Crippen LogP contribution >= 0.6 is 0 Å². The number of imide groups is 2. The van der Waals surface area contributed by atoms with Gasteiger partial charge in [0.15, 0.2) is 36.3 Å². The lowest BCUT2D eigenvalue weighted by Gasteiger charge is -2.40. The highest BCUT2D eigenvalue weighted by atomic mass is 16.2. The molecule has 14 heteroatoms. The number of likely N-dealkylation sites (tertiary alicyclic amines) is 2. The molecule has 6 rings (SSSR count). The molecule has 0 aliphatic carbocycles. The van der Waals surface area contributed by atoms with Crippen LogP contribution in [0.4, 0.5) is 9.59 Å². The zero-order valence-corrected chi connectivity index (χ0v) is 22.2. The van der Waals surface area contributed by atoms with Crippen LogP contribution in [0.2, 0.25) is 0 Å². The molecule has 0 radical (unpaired) electrons. The molecule has 6 aliphatic rings. The second-order valence-corrected chi connectivity index (χ2v) is 11.2. The summed E-state index contributed by atoms with van der Waals surface area (Å²) >= 11 is 0. The molecular formula is C24H36N10O4. The molecular weight excluding hydrogens is 492 g/mol. The number of guanidine groups is 2. The maximum atomic E-state index is 13.0. The molecule has 4 saturated heterocycles. The van der Waals surface area contributed by atoms with Crippen LogP contribution in [0, 0.1) is 5.92 Å². The van der Waals surface area contributed by atoms with E-state index < -0.39 is 36.5 Å². The van der Waals surface area contributed by atoms with Crippen molar-refractivity contribution in [2.24, 2.45) is 15.9 Å². The lowest BCUT2D eigenvalue weighted by molar-refractivity contribution is -0.127. The molecule has 38 heavy (non-hydrogen) atoms. The SMILES string of the molecule is CC(CN1C(N2CCCC2)=NC2C1C(=O)NC(=O)N2C)CN1C(N2CCCC2)=NC2C1C(=O)NC(=O)N2C. The standard InChI is InChI=1S/C24H36N10O4/c1-14(12-33-15-17(29(2)23(37)27-19(15)35)25-21(33)31-8-4-5-9-31)13-34-16-18(30(3)24(38)28-20(16)36)26-22(34)32-10-6-7-11-32/h14-18H,4-13H2,1-3H3,(H,27,35,37)(H,28,36,38). The van der Waals surface area contributed by atoms with E-state index in [1.165, 1.54) is 9.80 Å². The van der Waals surface area contributed by atoms with Crippen LogP contribution < -0.4 is 10.6 Å². The Kier molecular flexibility index (Phi) is 6.06. The lowest BCUT2D eigenvalue weighted by atomic mass is 10.0. The van der Waals surface area contributed by atoms with Crippen molar-refractivity contribution < 1.29 is 19.2 Å². The Hall–Kier alpha value is -3.58. The van der Waals surface area contributed by atoms with Crippen LogP contribution in [-0.2, 0) is 9.59 Å². The van der Waals surface area contributed by atoms with Crippen molar-refractivity contribution in [3.8, 4) is 0 Å². The molecule has 4 atom stereocenters. The van der Waals surface area contributed by atoms with Gasteiger partial charge in [0, 0.05) is 53.4 Å². The normalized spacial score (nSPS) is 32.0. The largest absolute Gasteiger partial charge is 0.343 e. The van der Waals surface area contributed by atoms with E-state index in [-0.39, 0.29) is 17.7 Å². The van der Waals surface area contributed by atoms with Gasteiger partial charge in [-0.05, 0) is 31.6 Å². The first-order chi connectivity index (χ1) is 18.2. The summed E-state index contributed by atoms with van der Waals surface area (Å²) in [6.07, 6.45) is 3.11. The number of rotatable bonds is 4. The molecule has 0 aromatic rings. The predicted octanol–water partition coefficient (Wildman–Crippen LogP) is -1.09. The van der Waals surface area contributed by atoms with Crippen molar-refractivity contribution in [3.05, 3.63) is 0 Å². The lowest BCUT2D eigenvalue weighted by Crippen LogP contribution is -2.65. The van der Waals surface area contributed by atoms with E-state index in [1.54, 1.807) is 14.1 Å². The van der Waals surface area contributed by atoms with E-state index >= 15 is 0 Å². The number of carbonyl (C=O) groups is 4. The van der Waals surface area contributed by atoms with Crippen LogP contribution in [0.15, 0.2) is 9.98 Å². The van der Waals surface area contributed by atoms with Gasteiger partial charge in [-0.15, -0.1) is 0 Å². The summed E-state index contributed by atoms with van der Waals surface area (Å²) in [5.41, 5.74) is 0.